The number of halogens is 3. The van der Waals surface area contributed by atoms with Gasteiger partial charge in [-0.1, -0.05) is 78.3 Å². The molecular weight excluding hydrogens is 451 g/mol. The van der Waals surface area contributed by atoms with Gasteiger partial charge in [0.2, 0.25) is 0 Å². The Hall–Kier alpha value is -1.75. The highest BCUT2D eigenvalue weighted by Gasteiger charge is 2.27. The monoisotopic (exact) mass is 476 g/mol. The average molecular weight is 478 g/mol. The normalized spacial score (nSPS) is 15.1. The maximum Gasteiger partial charge on any atom is 0.0776 e. The second-order valence-corrected chi connectivity index (χ2v) is 8.07. The van der Waals surface area contributed by atoms with E-state index in [0.29, 0.717) is 6.54 Å². The molecule has 166 valence electrons. The molecule has 0 bridgehead atoms. The number of aliphatic hydroxyl groups is 1. The van der Waals surface area contributed by atoms with E-state index in [-0.39, 0.29) is 30.7 Å². The van der Waals surface area contributed by atoms with Gasteiger partial charge in [0.15, 0.2) is 0 Å². The van der Waals surface area contributed by atoms with Crippen LogP contribution in [0.3, 0.4) is 0 Å². The van der Waals surface area contributed by atoms with Gasteiger partial charge in [-0.3, -0.25) is 4.90 Å². The molecule has 1 aliphatic heterocycles. The number of anilines is 1. The van der Waals surface area contributed by atoms with Crippen LogP contribution in [0.5, 0.6) is 0 Å². The van der Waals surface area contributed by atoms with Gasteiger partial charge in [0.05, 0.1) is 6.10 Å². The highest BCUT2D eigenvalue weighted by Crippen LogP contribution is 2.29. The minimum Gasteiger partial charge on any atom is -1.00 e. The van der Waals surface area contributed by atoms with Crippen LogP contribution in [0, 0.1) is 0 Å². The Balaban J connectivity index is 0.00000171. The number of β-amino-alcohol motifs (C(OH)–C–C–N with tert-alkyl or cyclic N) is 1. The van der Waals surface area contributed by atoms with Crippen molar-refractivity contribution in [1.29, 1.82) is 0 Å². The fourth-order valence-electron chi connectivity index (χ4n) is 4.19. The zero-order valence-electron chi connectivity index (χ0n) is 17.2. The third kappa shape index (κ3) is 6.61. The number of nitrogens with zero attached hydrogens (tertiary/aromatic N) is 2. The minimum absolute atomic E-state index is 0. The molecule has 3 nitrogen and oxygen atoms in total. The van der Waals surface area contributed by atoms with Crippen LogP contribution >= 0.6 is 11.6 Å². The largest absolute Gasteiger partial charge is 1.00 e. The van der Waals surface area contributed by atoms with Crippen LogP contribution in [0.4, 0.5) is 5.69 Å². The lowest BCUT2D eigenvalue weighted by molar-refractivity contribution is -0.001000. The van der Waals surface area contributed by atoms with Crippen molar-refractivity contribution in [2.75, 3.05) is 37.6 Å². The van der Waals surface area contributed by atoms with Crippen LogP contribution in [0.15, 0.2) is 84.9 Å². The summed E-state index contributed by atoms with van der Waals surface area (Å²) in [5, 5.41) is 12.0. The number of hydrogen-bond donors (Lipinski definition) is 1. The van der Waals surface area contributed by atoms with Gasteiger partial charge in [-0.05, 0) is 29.3 Å². The van der Waals surface area contributed by atoms with E-state index < -0.39 is 6.10 Å². The SMILES string of the molecule is OC(CN1CCN(c2cccc(Cl)c2)CC1)C(c1ccccc1)c1ccccc1.[Cl-].[Cl-]. The number of benzene rings is 3. The zero-order chi connectivity index (χ0) is 20.1. The smallest absolute Gasteiger partial charge is 0.0776 e. The summed E-state index contributed by atoms with van der Waals surface area (Å²) in [6.45, 7) is 4.40. The Morgan fingerprint density at radius 3 is 1.81 bits per heavy atom. The first-order valence-electron chi connectivity index (χ1n) is 10.2. The van der Waals surface area contributed by atoms with Crippen LogP contribution in [-0.4, -0.2) is 48.8 Å². The summed E-state index contributed by atoms with van der Waals surface area (Å²) < 4.78 is 0. The van der Waals surface area contributed by atoms with Crippen LogP contribution in [0.2, 0.25) is 5.02 Å². The zero-order valence-corrected chi connectivity index (χ0v) is 19.5. The molecule has 0 saturated carbocycles. The van der Waals surface area contributed by atoms with Gasteiger partial charge in [0, 0.05) is 49.4 Å². The van der Waals surface area contributed by atoms with Gasteiger partial charge in [0.1, 0.15) is 0 Å². The van der Waals surface area contributed by atoms with Crippen LogP contribution in [-0.2, 0) is 0 Å². The molecule has 1 fully saturated rings. The number of rotatable bonds is 6. The summed E-state index contributed by atoms with van der Waals surface area (Å²) in [6, 6.07) is 28.7. The molecule has 1 heterocycles. The van der Waals surface area contributed by atoms with Crippen molar-refractivity contribution in [1.82, 2.24) is 4.90 Å². The molecule has 0 amide bonds. The third-order valence-electron chi connectivity index (χ3n) is 5.69. The van der Waals surface area contributed by atoms with Gasteiger partial charge in [-0.15, -0.1) is 0 Å². The molecule has 6 heteroatoms. The Morgan fingerprint density at radius 1 is 0.742 bits per heavy atom. The molecule has 0 spiro atoms. The van der Waals surface area contributed by atoms with Gasteiger partial charge in [-0.2, -0.15) is 0 Å². The molecule has 1 saturated heterocycles. The van der Waals surface area contributed by atoms with E-state index in [0.717, 1.165) is 42.3 Å². The molecular formula is C25H27Cl3N2O-2. The fraction of sp³-hybridized carbons (Fsp3) is 0.280. The van der Waals surface area contributed by atoms with Gasteiger partial charge in [-0.25, -0.2) is 0 Å². The van der Waals surface area contributed by atoms with E-state index >= 15 is 0 Å². The summed E-state index contributed by atoms with van der Waals surface area (Å²) in [6.07, 6.45) is -0.461. The van der Waals surface area contributed by atoms with E-state index in [1.165, 1.54) is 5.69 Å². The summed E-state index contributed by atoms with van der Waals surface area (Å²) in [5.74, 6) is -0.0247. The summed E-state index contributed by atoms with van der Waals surface area (Å²) >= 11 is 6.14. The Labute approximate surface area is 202 Å². The predicted molar refractivity (Wildman–Crippen MR) is 121 cm³/mol. The summed E-state index contributed by atoms with van der Waals surface area (Å²) in [7, 11) is 0. The fourth-order valence-corrected chi connectivity index (χ4v) is 4.37. The molecule has 3 aromatic carbocycles. The van der Waals surface area contributed by atoms with Gasteiger partial charge in [0.25, 0.3) is 0 Å². The lowest BCUT2D eigenvalue weighted by atomic mass is 9.86. The van der Waals surface area contributed by atoms with Crippen molar-refractivity contribution in [3.05, 3.63) is 101 Å². The third-order valence-corrected chi connectivity index (χ3v) is 5.93. The van der Waals surface area contributed by atoms with Crippen molar-refractivity contribution < 1.29 is 29.9 Å². The molecule has 0 radical (unpaired) electrons. The standard InChI is InChI=1S/C25H27ClN2O.2ClH/c26-22-12-7-13-23(18-22)28-16-14-27(15-17-28)19-24(29)25(20-8-3-1-4-9-20)21-10-5-2-6-11-21;;/h1-13,18,24-25,29H,14-17,19H2;2*1H/p-2. The second-order valence-electron chi connectivity index (χ2n) is 7.63. The Morgan fingerprint density at radius 2 is 1.29 bits per heavy atom. The van der Waals surface area contributed by atoms with Crippen LogP contribution < -0.4 is 29.7 Å². The van der Waals surface area contributed by atoms with Gasteiger partial charge < -0.3 is 34.8 Å². The molecule has 0 aromatic heterocycles. The molecule has 1 aliphatic rings. The first-order valence-corrected chi connectivity index (χ1v) is 10.6. The van der Waals surface area contributed by atoms with E-state index in [1.54, 1.807) is 0 Å². The van der Waals surface area contributed by atoms with Gasteiger partial charge >= 0.3 is 0 Å². The topological polar surface area (TPSA) is 26.7 Å². The molecule has 1 N–H and O–H groups in total. The highest BCUT2D eigenvalue weighted by atomic mass is 35.5. The maximum absolute atomic E-state index is 11.2. The van der Waals surface area contributed by atoms with E-state index in [4.69, 9.17) is 11.6 Å². The molecule has 1 unspecified atom stereocenters. The summed E-state index contributed by atoms with van der Waals surface area (Å²) in [4.78, 5) is 4.73. The van der Waals surface area contributed by atoms with Crippen LogP contribution in [0.1, 0.15) is 17.0 Å². The van der Waals surface area contributed by atoms with Crippen molar-refractivity contribution in [3.63, 3.8) is 0 Å². The second kappa shape index (κ2) is 12.3. The summed E-state index contributed by atoms with van der Waals surface area (Å²) in [5.41, 5.74) is 3.48. The minimum atomic E-state index is -0.461. The van der Waals surface area contributed by atoms with E-state index in [9.17, 15) is 5.11 Å². The first-order chi connectivity index (χ1) is 14.2. The van der Waals surface area contributed by atoms with Crippen molar-refractivity contribution in [2.24, 2.45) is 0 Å². The number of piperazine rings is 1. The molecule has 0 aliphatic carbocycles. The molecule has 3 aromatic rings. The number of hydrogen-bond acceptors (Lipinski definition) is 3. The van der Waals surface area contributed by atoms with E-state index in [2.05, 4.69) is 40.1 Å². The quantitative estimate of drug-likeness (QED) is 0.476. The Bertz CT molecular complexity index is 863. The molecule has 31 heavy (non-hydrogen) atoms. The first kappa shape index (κ1) is 25.5. The molecule has 1 atom stereocenters. The van der Waals surface area contributed by atoms with Crippen molar-refractivity contribution >= 4 is 17.3 Å². The maximum atomic E-state index is 11.2. The van der Waals surface area contributed by atoms with E-state index in [1.807, 2.05) is 54.6 Å². The van der Waals surface area contributed by atoms with Crippen LogP contribution in [0.25, 0.3) is 0 Å². The number of aliphatic hydroxyl groups excluding tert-OH is 1. The Kier molecular flexibility index (Phi) is 10.1. The average Bonchev–Trinajstić information content (AvgIpc) is 2.76. The lowest BCUT2D eigenvalue weighted by Crippen LogP contribution is -3.00. The highest BCUT2D eigenvalue weighted by molar-refractivity contribution is 6.30. The lowest BCUT2D eigenvalue weighted by Gasteiger charge is -2.38. The predicted octanol–water partition coefficient (Wildman–Crippen LogP) is -1.34. The van der Waals surface area contributed by atoms with Crippen molar-refractivity contribution in [2.45, 2.75) is 12.0 Å². The van der Waals surface area contributed by atoms with Crippen molar-refractivity contribution in [3.8, 4) is 0 Å². The molecule has 4 rings (SSSR count).